The van der Waals surface area contributed by atoms with Crippen LogP contribution >= 0.6 is 27.5 Å². The van der Waals surface area contributed by atoms with Gasteiger partial charge in [-0.3, -0.25) is 13.9 Å². The highest BCUT2D eigenvalue weighted by Crippen LogP contribution is 2.26. The van der Waals surface area contributed by atoms with Gasteiger partial charge in [0.15, 0.2) is 0 Å². The third kappa shape index (κ3) is 8.30. The van der Waals surface area contributed by atoms with Crippen LogP contribution in [0.15, 0.2) is 82.2 Å². The van der Waals surface area contributed by atoms with Crippen molar-refractivity contribution < 1.29 is 18.0 Å². The smallest absolute Gasteiger partial charge is 0.264 e. The molecule has 0 heterocycles. The molecule has 2 amide bonds. The lowest BCUT2D eigenvalue weighted by Crippen LogP contribution is -2.51. The molecule has 0 aliphatic rings. The molecule has 0 aliphatic heterocycles. The maximum Gasteiger partial charge on any atom is 0.264 e. The van der Waals surface area contributed by atoms with Crippen molar-refractivity contribution in [1.82, 2.24) is 10.2 Å². The van der Waals surface area contributed by atoms with Crippen LogP contribution in [0.1, 0.15) is 31.9 Å². The number of anilines is 1. The summed E-state index contributed by atoms with van der Waals surface area (Å²) in [6.07, 6.45) is 0. The summed E-state index contributed by atoms with van der Waals surface area (Å²) in [4.78, 5) is 28.4. The van der Waals surface area contributed by atoms with Crippen LogP contribution in [0.25, 0.3) is 0 Å². The zero-order valence-corrected chi connectivity index (χ0v) is 25.6. The van der Waals surface area contributed by atoms with Gasteiger partial charge in [-0.2, -0.15) is 0 Å². The standard InChI is InChI=1S/C29H33BrClN3O4S/c1-20(2)17-32-29(36)22(4)33(18-23-8-10-24(30)11-9-23)28(35)19-34(26-7-5-6-21(3)16-26)39(37,38)27-14-12-25(31)13-15-27/h5-16,20,22H,17-19H2,1-4H3,(H,32,36)/t22-/m0/s1. The summed E-state index contributed by atoms with van der Waals surface area (Å²) < 4.78 is 29.6. The van der Waals surface area contributed by atoms with Crippen molar-refractivity contribution in [2.75, 3.05) is 17.4 Å². The van der Waals surface area contributed by atoms with E-state index in [1.807, 2.05) is 51.1 Å². The van der Waals surface area contributed by atoms with Gasteiger partial charge in [-0.05, 0) is 79.4 Å². The second kappa shape index (κ2) is 13.5. The molecule has 39 heavy (non-hydrogen) atoms. The molecule has 3 aromatic carbocycles. The lowest BCUT2D eigenvalue weighted by molar-refractivity contribution is -0.139. The summed E-state index contributed by atoms with van der Waals surface area (Å²) in [6.45, 7) is 7.56. The van der Waals surface area contributed by atoms with Crippen molar-refractivity contribution in [2.45, 2.75) is 45.2 Å². The first-order chi connectivity index (χ1) is 18.4. The zero-order chi connectivity index (χ0) is 28.7. The third-order valence-corrected chi connectivity index (χ3v) is 8.66. The van der Waals surface area contributed by atoms with E-state index in [1.165, 1.54) is 29.2 Å². The molecule has 0 radical (unpaired) electrons. The van der Waals surface area contributed by atoms with Crippen LogP contribution < -0.4 is 9.62 Å². The number of rotatable bonds is 11. The third-order valence-electron chi connectivity index (χ3n) is 6.09. The fraction of sp³-hybridized carbons (Fsp3) is 0.310. The van der Waals surface area contributed by atoms with Gasteiger partial charge in [-0.1, -0.05) is 65.6 Å². The Balaban J connectivity index is 2.01. The molecule has 1 atom stereocenters. The molecule has 10 heteroatoms. The predicted octanol–water partition coefficient (Wildman–Crippen LogP) is 5.80. The minimum Gasteiger partial charge on any atom is -0.354 e. The largest absolute Gasteiger partial charge is 0.354 e. The van der Waals surface area contributed by atoms with E-state index in [4.69, 9.17) is 11.6 Å². The normalized spacial score (nSPS) is 12.2. The molecule has 0 aromatic heterocycles. The zero-order valence-electron chi connectivity index (χ0n) is 22.4. The molecule has 7 nitrogen and oxygen atoms in total. The van der Waals surface area contributed by atoms with Gasteiger partial charge in [-0.15, -0.1) is 0 Å². The van der Waals surface area contributed by atoms with Crippen LogP contribution in [0.3, 0.4) is 0 Å². The van der Waals surface area contributed by atoms with Crippen molar-refractivity contribution in [3.63, 3.8) is 0 Å². The molecular weight excluding hydrogens is 602 g/mol. The maximum atomic E-state index is 13.9. The first kappa shape index (κ1) is 30.7. The van der Waals surface area contributed by atoms with Crippen molar-refractivity contribution >= 4 is 55.1 Å². The number of halogens is 2. The molecule has 0 saturated carbocycles. The highest BCUT2D eigenvalue weighted by atomic mass is 79.9. The van der Waals surface area contributed by atoms with Crippen molar-refractivity contribution in [1.29, 1.82) is 0 Å². The van der Waals surface area contributed by atoms with Gasteiger partial charge in [-0.25, -0.2) is 8.42 Å². The Morgan fingerprint density at radius 3 is 2.21 bits per heavy atom. The van der Waals surface area contributed by atoms with E-state index in [0.29, 0.717) is 17.3 Å². The van der Waals surface area contributed by atoms with Crippen LogP contribution in [-0.2, 0) is 26.2 Å². The first-order valence-electron chi connectivity index (χ1n) is 12.5. The Labute approximate surface area is 244 Å². The summed E-state index contributed by atoms with van der Waals surface area (Å²) >= 11 is 9.40. The van der Waals surface area contributed by atoms with Gasteiger partial charge >= 0.3 is 0 Å². The second-order valence-corrected chi connectivity index (χ2v) is 13.0. The fourth-order valence-corrected chi connectivity index (χ4v) is 5.66. The van der Waals surface area contributed by atoms with E-state index in [2.05, 4.69) is 21.2 Å². The van der Waals surface area contributed by atoms with Crippen molar-refractivity contribution in [2.24, 2.45) is 5.92 Å². The van der Waals surface area contributed by atoms with E-state index < -0.39 is 28.5 Å². The van der Waals surface area contributed by atoms with E-state index in [0.717, 1.165) is 19.9 Å². The average Bonchev–Trinajstić information content (AvgIpc) is 2.89. The van der Waals surface area contributed by atoms with Crippen LogP contribution in [0.4, 0.5) is 5.69 Å². The lowest BCUT2D eigenvalue weighted by Gasteiger charge is -2.32. The number of nitrogens with zero attached hydrogens (tertiary/aromatic N) is 2. The molecular formula is C29H33BrClN3O4S. The SMILES string of the molecule is Cc1cccc(N(CC(=O)N(Cc2ccc(Br)cc2)[C@@H](C)C(=O)NCC(C)C)S(=O)(=O)c2ccc(Cl)cc2)c1. The number of amides is 2. The molecule has 0 spiro atoms. The number of aryl methyl sites for hydroxylation is 1. The Hall–Kier alpha value is -2.88. The Morgan fingerprint density at radius 2 is 1.62 bits per heavy atom. The fourth-order valence-electron chi connectivity index (χ4n) is 3.87. The number of carbonyl (C=O) groups excluding carboxylic acids is 2. The molecule has 208 valence electrons. The highest BCUT2D eigenvalue weighted by molar-refractivity contribution is 9.10. The van der Waals surface area contributed by atoms with E-state index in [1.54, 1.807) is 25.1 Å². The quantitative estimate of drug-likeness (QED) is 0.289. The molecule has 1 N–H and O–H groups in total. The number of nitrogens with one attached hydrogen (secondary N) is 1. The number of carbonyl (C=O) groups is 2. The monoisotopic (exact) mass is 633 g/mol. The molecule has 0 bridgehead atoms. The van der Waals surface area contributed by atoms with Gasteiger partial charge in [0, 0.05) is 22.6 Å². The van der Waals surface area contributed by atoms with E-state index in [9.17, 15) is 18.0 Å². The summed E-state index contributed by atoms with van der Waals surface area (Å²) in [5.74, 6) is -0.584. The highest BCUT2D eigenvalue weighted by Gasteiger charge is 2.32. The lowest BCUT2D eigenvalue weighted by atomic mass is 10.1. The van der Waals surface area contributed by atoms with E-state index in [-0.39, 0.29) is 23.3 Å². The minimum absolute atomic E-state index is 0.00314. The summed E-state index contributed by atoms with van der Waals surface area (Å²) in [7, 11) is -4.14. The maximum absolute atomic E-state index is 13.9. The van der Waals surface area contributed by atoms with Crippen molar-refractivity contribution in [3.05, 3.63) is 93.4 Å². The Kier molecular flexibility index (Phi) is 10.6. The average molecular weight is 635 g/mol. The van der Waals surface area contributed by atoms with Gasteiger partial charge < -0.3 is 10.2 Å². The predicted molar refractivity (Wildman–Crippen MR) is 159 cm³/mol. The number of hydrogen-bond acceptors (Lipinski definition) is 4. The van der Waals surface area contributed by atoms with Gasteiger partial charge in [0.25, 0.3) is 10.0 Å². The molecule has 0 fully saturated rings. The molecule has 3 aromatic rings. The summed E-state index contributed by atoms with van der Waals surface area (Å²) in [6, 6.07) is 19.3. The van der Waals surface area contributed by atoms with E-state index >= 15 is 0 Å². The number of hydrogen-bond donors (Lipinski definition) is 1. The van der Waals surface area contributed by atoms with Crippen LogP contribution in [0.5, 0.6) is 0 Å². The van der Waals surface area contributed by atoms with Gasteiger partial charge in [0.05, 0.1) is 10.6 Å². The van der Waals surface area contributed by atoms with Gasteiger partial charge in [0.1, 0.15) is 12.6 Å². The summed E-state index contributed by atoms with van der Waals surface area (Å²) in [5.41, 5.74) is 1.99. The summed E-state index contributed by atoms with van der Waals surface area (Å²) in [5, 5.41) is 3.28. The molecule has 0 aliphatic carbocycles. The van der Waals surface area contributed by atoms with Crippen LogP contribution in [0.2, 0.25) is 5.02 Å². The minimum atomic E-state index is -4.14. The number of sulfonamides is 1. The molecule has 0 saturated heterocycles. The van der Waals surface area contributed by atoms with Crippen LogP contribution in [0, 0.1) is 12.8 Å². The van der Waals surface area contributed by atoms with Crippen molar-refractivity contribution in [3.8, 4) is 0 Å². The Morgan fingerprint density at radius 1 is 0.974 bits per heavy atom. The molecule has 3 rings (SSSR count). The molecule has 0 unspecified atom stereocenters. The second-order valence-electron chi connectivity index (χ2n) is 9.77. The van der Waals surface area contributed by atoms with Gasteiger partial charge in [0.2, 0.25) is 11.8 Å². The first-order valence-corrected chi connectivity index (χ1v) is 15.2. The topological polar surface area (TPSA) is 86.8 Å². The number of benzene rings is 3. The Bertz CT molecular complexity index is 1400. The van der Waals surface area contributed by atoms with Crippen LogP contribution in [-0.4, -0.2) is 44.3 Å².